The van der Waals surface area contributed by atoms with Crippen LogP contribution in [0.5, 0.6) is 0 Å². The van der Waals surface area contributed by atoms with Gasteiger partial charge in [-0.05, 0) is 43.4 Å². The Labute approximate surface area is 96.1 Å². The number of ether oxygens (including phenoxy) is 2. The molecule has 3 heteroatoms. The van der Waals surface area contributed by atoms with Crippen molar-refractivity contribution in [3.63, 3.8) is 0 Å². The van der Waals surface area contributed by atoms with E-state index in [1.54, 1.807) is 0 Å². The monoisotopic (exact) mass is 224 g/mol. The summed E-state index contributed by atoms with van der Waals surface area (Å²) in [6, 6.07) is 0. The molecule has 1 heterocycles. The molecule has 3 nitrogen and oxygen atoms in total. The van der Waals surface area contributed by atoms with Gasteiger partial charge in [0.15, 0.2) is 5.79 Å². The van der Waals surface area contributed by atoms with E-state index in [2.05, 4.69) is 0 Å². The van der Waals surface area contributed by atoms with Crippen LogP contribution in [0.4, 0.5) is 0 Å². The van der Waals surface area contributed by atoms with Gasteiger partial charge in [0.2, 0.25) is 0 Å². The lowest BCUT2D eigenvalue weighted by Crippen LogP contribution is -2.61. The van der Waals surface area contributed by atoms with Crippen molar-refractivity contribution in [2.45, 2.75) is 37.9 Å². The molecule has 4 rings (SSSR count). The summed E-state index contributed by atoms with van der Waals surface area (Å²) in [6.07, 6.45) is 6.07. The third kappa shape index (κ3) is 0.889. The van der Waals surface area contributed by atoms with Crippen molar-refractivity contribution in [1.29, 1.82) is 0 Å². The molecule has 3 aliphatic carbocycles. The SMILES string of the molecule is OCC[C@]12CC[C@@H]3[C@H]1[C@H](CC2)C31OCCO1. The normalized spacial score (nSPS) is 51.9. The molecule has 0 aromatic heterocycles. The second-order valence-electron chi connectivity index (χ2n) is 6.07. The molecule has 4 aliphatic rings. The molecular weight excluding hydrogens is 204 g/mol. The molecular formula is C13H20O3. The van der Waals surface area contributed by atoms with Gasteiger partial charge in [0, 0.05) is 18.4 Å². The fourth-order valence-corrected chi connectivity index (χ4v) is 5.41. The largest absolute Gasteiger partial charge is 0.396 e. The number of aliphatic hydroxyl groups is 1. The van der Waals surface area contributed by atoms with Crippen molar-refractivity contribution in [3.8, 4) is 0 Å². The minimum absolute atomic E-state index is 0.182. The van der Waals surface area contributed by atoms with Gasteiger partial charge in [-0.1, -0.05) is 0 Å². The number of hydrogen-bond acceptors (Lipinski definition) is 3. The minimum Gasteiger partial charge on any atom is -0.396 e. The number of hydrogen-bond donors (Lipinski definition) is 1. The Hall–Kier alpha value is -0.120. The van der Waals surface area contributed by atoms with E-state index in [4.69, 9.17) is 9.47 Å². The van der Waals surface area contributed by atoms with Crippen molar-refractivity contribution in [3.05, 3.63) is 0 Å². The summed E-state index contributed by atoms with van der Waals surface area (Å²) in [4.78, 5) is 0. The number of aliphatic hydroxyl groups excluding tert-OH is 1. The van der Waals surface area contributed by atoms with E-state index in [-0.39, 0.29) is 5.79 Å². The van der Waals surface area contributed by atoms with E-state index < -0.39 is 0 Å². The molecule has 4 fully saturated rings. The van der Waals surface area contributed by atoms with E-state index >= 15 is 0 Å². The molecule has 1 N–H and O–H groups in total. The topological polar surface area (TPSA) is 38.7 Å². The second-order valence-corrected chi connectivity index (χ2v) is 6.07. The predicted molar refractivity (Wildman–Crippen MR) is 57.7 cm³/mol. The van der Waals surface area contributed by atoms with Crippen LogP contribution in [0.2, 0.25) is 0 Å². The average Bonchev–Trinajstić information content (AvgIpc) is 2.84. The first-order valence-electron chi connectivity index (χ1n) is 6.71. The first-order valence-corrected chi connectivity index (χ1v) is 6.71. The summed E-state index contributed by atoms with van der Waals surface area (Å²) in [7, 11) is 0. The number of fused-ring (bicyclic) bond motifs is 2. The van der Waals surface area contributed by atoms with E-state index in [0.717, 1.165) is 25.6 Å². The zero-order valence-corrected chi connectivity index (χ0v) is 9.65. The summed E-state index contributed by atoms with van der Waals surface area (Å²) in [5.41, 5.74) is 0.449. The quantitative estimate of drug-likeness (QED) is 0.773. The lowest BCUT2D eigenvalue weighted by Gasteiger charge is -2.55. The van der Waals surface area contributed by atoms with Gasteiger partial charge in [-0.3, -0.25) is 0 Å². The van der Waals surface area contributed by atoms with Crippen LogP contribution in [0.15, 0.2) is 0 Å². The molecule has 1 spiro atoms. The van der Waals surface area contributed by atoms with Crippen LogP contribution < -0.4 is 0 Å². The van der Waals surface area contributed by atoms with Crippen LogP contribution in [0.25, 0.3) is 0 Å². The van der Waals surface area contributed by atoms with Crippen molar-refractivity contribution >= 4 is 0 Å². The highest BCUT2D eigenvalue weighted by Crippen LogP contribution is 2.74. The fourth-order valence-electron chi connectivity index (χ4n) is 5.41. The zero-order chi connectivity index (χ0) is 10.8. The Balaban J connectivity index is 1.66. The van der Waals surface area contributed by atoms with Gasteiger partial charge in [-0.2, -0.15) is 0 Å². The van der Waals surface area contributed by atoms with Crippen LogP contribution in [-0.2, 0) is 9.47 Å². The molecule has 90 valence electrons. The molecule has 1 aliphatic heterocycles. The first-order chi connectivity index (χ1) is 7.82. The van der Waals surface area contributed by atoms with Gasteiger partial charge in [0.1, 0.15) is 0 Å². The molecule has 16 heavy (non-hydrogen) atoms. The smallest absolute Gasteiger partial charge is 0.174 e. The fraction of sp³-hybridized carbons (Fsp3) is 1.00. The molecule has 0 amide bonds. The highest BCUT2D eigenvalue weighted by atomic mass is 16.7. The molecule has 3 saturated carbocycles. The van der Waals surface area contributed by atoms with Gasteiger partial charge in [0.25, 0.3) is 0 Å². The van der Waals surface area contributed by atoms with Crippen molar-refractivity contribution in [2.24, 2.45) is 23.2 Å². The Bertz CT molecular complexity index is 290. The summed E-state index contributed by atoms with van der Waals surface area (Å²) in [6.45, 7) is 1.92. The molecule has 0 unspecified atom stereocenters. The lowest BCUT2D eigenvalue weighted by atomic mass is 9.58. The zero-order valence-electron chi connectivity index (χ0n) is 9.65. The maximum Gasteiger partial charge on any atom is 0.174 e. The molecule has 0 radical (unpaired) electrons. The summed E-state index contributed by atoms with van der Waals surface area (Å²) in [5.74, 6) is 1.87. The lowest BCUT2D eigenvalue weighted by molar-refractivity contribution is -0.312. The van der Waals surface area contributed by atoms with Gasteiger partial charge in [-0.25, -0.2) is 0 Å². The Morgan fingerprint density at radius 2 is 1.69 bits per heavy atom. The van der Waals surface area contributed by atoms with Crippen LogP contribution in [-0.4, -0.2) is 30.7 Å². The maximum absolute atomic E-state index is 9.26. The van der Waals surface area contributed by atoms with Gasteiger partial charge in [-0.15, -0.1) is 0 Å². The highest BCUT2D eigenvalue weighted by Gasteiger charge is 2.75. The Morgan fingerprint density at radius 3 is 2.25 bits per heavy atom. The van der Waals surface area contributed by atoms with Crippen molar-refractivity contribution in [2.75, 3.05) is 19.8 Å². The number of rotatable bonds is 2. The average molecular weight is 224 g/mol. The first kappa shape index (κ1) is 9.86. The van der Waals surface area contributed by atoms with Crippen LogP contribution in [0.1, 0.15) is 32.1 Å². The molecule has 0 aromatic rings. The molecule has 1 saturated heterocycles. The molecule has 0 bridgehead atoms. The highest BCUT2D eigenvalue weighted by molar-refractivity contribution is 5.19. The van der Waals surface area contributed by atoms with E-state index in [1.165, 1.54) is 25.7 Å². The van der Waals surface area contributed by atoms with Gasteiger partial charge >= 0.3 is 0 Å². The summed E-state index contributed by atoms with van der Waals surface area (Å²) in [5, 5.41) is 9.26. The standard InChI is InChI=1S/C13H20O3/c14-6-5-12-3-1-9-11(12)10(2-4-12)13(9)15-7-8-16-13/h9-11,14H,1-8H2/t9-,10+,11+,12-. The van der Waals surface area contributed by atoms with Crippen LogP contribution >= 0.6 is 0 Å². The molecule has 4 atom stereocenters. The van der Waals surface area contributed by atoms with Crippen molar-refractivity contribution < 1.29 is 14.6 Å². The predicted octanol–water partition coefficient (Wildman–Crippen LogP) is 1.55. The third-order valence-corrected chi connectivity index (χ3v) is 5.86. The minimum atomic E-state index is -0.182. The molecule has 0 aromatic carbocycles. The van der Waals surface area contributed by atoms with E-state index in [1.807, 2.05) is 0 Å². The van der Waals surface area contributed by atoms with Gasteiger partial charge < -0.3 is 14.6 Å². The second kappa shape index (κ2) is 3.01. The Kier molecular flexibility index (Phi) is 1.85. The van der Waals surface area contributed by atoms with E-state index in [9.17, 15) is 5.11 Å². The summed E-state index contributed by atoms with van der Waals surface area (Å²) < 4.78 is 11.9. The third-order valence-electron chi connectivity index (χ3n) is 5.86. The Morgan fingerprint density at radius 1 is 1.06 bits per heavy atom. The van der Waals surface area contributed by atoms with Crippen molar-refractivity contribution in [1.82, 2.24) is 0 Å². The van der Waals surface area contributed by atoms with E-state index in [0.29, 0.717) is 23.9 Å². The van der Waals surface area contributed by atoms with Crippen LogP contribution in [0.3, 0.4) is 0 Å². The summed E-state index contributed by atoms with van der Waals surface area (Å²) >= 11 is 0. The van der Waals surface area contributed by atoms with Gasteiger partial charge in [0.05, 0.1) is 13.2 Å². The maximum atomic E-state index is 9.26. The van der Waals surface area contributed by atoms with Crippen LogP contribution in [0, 0.1) is 23.2 Å².